The molecule has 0 amide bonds. The molecular formula is C6H7BF3KN2OS. The summed E-state index contributed by atoms with van der Waals surface area (Å²) in [5.74, 6) is 0. The molecule has 1 rings (SSSR count). The Labute approximate surface area is 130 Å². The van der Waals surface area contributed by atoms with Gasteiger partial charge in [-0.25, -0.2) is 9.97 Å². The van der Waals surface area contributed by atoms with Gasteiger partial charge in [-0.05, 0) is 5.56 Å². The molecule has 0 N–H and O–H groups in total. The Hall–Kier alpha value is 0.721. The molecule has 0 bridgehead atoms. The molecule has 0 aliphatic rings. The van der Waals surface area contributed by atoms with E-state index >= 15 is 0 Å². The standard InChI is InChI=1S/C6H7BF3N2OS.K/c1-14(13)6-11-3-5(4-12-6)2-7(8,9)10;/h3-4H,2H2,1H3;/q-1;+1. The molecule has 78 valence electrons. The van der Waals surface area contributed by atoms with Gasteiger partial charge >= 0.3 is 58.4 Å². The average molecular weight is 262 g/mol. The van der Waals surface area contributed by atoms with Gasteiger partial charge in [0, 0.05) is 18.6 Å². The van der Waals surface area contributed by atoms with E-state index in [1.165, 1.54) is 6.26 Å². The predicted molar refractivity (Wildman–Crippen MR) is 47.1 cm³/mol. The van der Waals surface area contributed by atoms with Gasteiger partial charge in [0.15, 0.2) is 0 Å². The summed E-state index contributed by atoms with van der Waals surface area (Å²) in [5.41, 5.74) is -0.00769. The van der Waals surface area contributed by atoms with Gasteiger partial charge in [0.25, 0.3) is 0 Å². The quantitative estimate of drug-likeness (QED) is 0.474. The van der Waals surface area contributed by atoms with E-state index in [-0.39, 0.29) is 62.1 Å². The van der Waals surface area contributed by atoms with E-state index in [9.17, 15) is 17.2 Å². The second-order valence-corrected chi connectivity index (χ2v) is 4.02. The zero-order valence-electron chi connectivity index (χ0n) is 8.28. The monoisotopic (exact) mass is 262 g/mol. The minimum atomic E-state index is -4.87. The second-order valence-electron chi connectivity index (χ2n) is 2.74. The fraction of sp³-hybridized carbons (Fsp3) is 0.333. The van der Waals surface area contributed by atoms with Gasteiger partial charge in [0.2, 0.25) is 5.16 Å². The maximum Gasteiger partial charge on any atom is 1.00 e. The zero-order chi connectivity index (χ0) is 10.8. The van der Waals surface area contributed by atoms with E-state index in [4.69, 9.17) is 0 Å². The summed E-state index contributed by atoms with van der Waals surface area (Å²) in [6.07, 6.45) is 2.47. The maximum absolute atomic E-state index is 11.9. The third-order valence-corrected chi connectivity index (χ3v) is 2.13. The molecule has 1 unspecified atom stereocenters. The van der Waals surface area contributed by atoms with Crippen LogP contribution in [-0.2, 0) is 17.1 Å². The SMILES string of the molecule is CS(=O)c1ncc(C[B-](F)(F)F)cn1.[K+]. The Morgan fingerprint density at radius 3 is 2.13 bits per heavy atom. The van der Waals surface area contributed by atoms with Crippen molar-refractivity contribution in [2.24, 2.45) is 0 Å². The molecule has 0 spiro atoms. The number of nitrogens with zero attached hydrogens (tertiary/aromatic N) is 2. The molecule has 9 heteroatoms. The first-order chi connectivity index (χ1) is 6.38. The van der Waals surface area contributed by atoms with Gasteiger partial charge in [0.1, 0.15) is 0 Å². The number of hydrogen-bond donors (Lipinski definition) is 0. The van der Waals surface area contributed by atoms with Crippen molar-refractivity contribution in [3.63, 3.8) is 0 Å². The second kappa shape index (κ2) is 6.46. The Morgan fingerprint density at radius 2 is 1.80 bits per heavy atom. The van der Waals surface area contributed by atoms with Crippen molar-refractivity contribution in [2.75, 3.05) is 6.26 Å². The normalized spacial score (nSPS) is 13.1. The van der Waals surface area contributed by atoms with Crippen LogP contribution in [0.4, 0.5) is 12.9 Å². The summed E-state index contributed by atoms with van der Waals surface area (Å²) in [4.78, 5) is 7.12. The average Bonchev–Trinajstić information content (AvgIpc) is 2.02. The molecule has 15 heavy (non-hydrogen) atoms. The Balaban J connectivity index is 0.00000196. The maximum atomic E-state index is 11.9. The van der Waals surface area contributed by atoms with Gasteiger partial charge in [0.05, 0.1) is 10.8 Å². The van der Waals surface area contributed by atoms with E-state index in [1.807, 2.05) is 0 Å². The third kappa shape index (κ3) is 6.13. The fourth-order valence-electron chi connectivity index (χ4n) is 0.864. The van der Waals surface area contributed by atoms with Crippen molar-refractivity contribution in [3.05, 3.63) is 18.0 Å². The van der Waals surface area contributed by atoms with Crippen LogP contribution in [-0.4, -0.2) is 27.4 Å². The molecular weight excluding hydrogens is 255 g/mol. The topological polar surface area (TPSA) is 42.9 Å². The minimum absolute atomic E-state index is 0. The smallest absolute Gasteiger partial charge is 0.449 e. The number of rotatable bonds is 3. The van der Waals surface area contributed by atoms with E-state index in [0.29, 0.717) is 0 Å². The first kappa shape index (κ1) is 15.7. The van der Waals surface area contributed by atoms with Crippen molar-refractivity contribution in [3.8, 4) is 0 Å². The minimum Gasteiger partial charge on any atom is -0.449 e. The molecule has 0 saturated heterocycles. The van der Waals surface area contributed by atoms with Crippen LogP contribution in [0.15, 0.2) is 17.6 Å². The summed E-state index contributed by atoms with van der Waals surface area (Å²) in [6.45, 7) is -4.87. The van der Waals surface area contributed by atoms with Gasteiger partial charge in [-0.3, -0.25) is 4.21 Å². The van der Waals surface area contributed by atoms with Crippen molar-refractivity contribution < 1.29 is 68.5 Å². The van der Waals surface area contributed by atoms with Crippen LogP contribution in [0.5, 0.6) is 0 Å². The molecule has 0 radical (unpaired) electrons. The van der Waals surface area contributed by atoms with E-state index < -0.39 is 24.1 Å². The van der Waals surface area contributed by atoms with Crippen LogP contribution in [0.25, 0.3) is 0 Å². The zero-order valence-corrected chi connectivity index (χ0v) is 12.2. The fourth-order valence-corrected chi connectivity index (χ4v) is 1.27. The van der Waals surface area contributed by atoms with Crippen molar-refractivity contribution in [2.45, 2.75) is 11.5 Å². The number of halogens is 3. The largest absolute Gasteiger partial charge is 1.00 e. The van der Waals surface area contributed by atoms with Crippen LogP contribution < -0.4 is 51.4 Å². The molecule has 1 aromatic rings. The molecule has 0 fully saturated rings. The predicted octanol–water partition coefficient (Wildman–Crippen LogP) is -1.85. The number of hydrogen-bond acceptors (Lipinski definition) is 3. The molecule has 3 nitrogen and oxygen atoms in total. The van der Waals surface area contributed by atoms with E-state index in [2.05, 4.69) is 9.97 Å². The van der Waals surface area contributed by atoms with Gasteiger partial charge in [-0.15, -0.1) is 0 Å². The van der Waals surface area contributed by atoms with E-state index in [1.54, 1.807) is 0 Å². The Morgan fingerprint density at radius 1 is 1.33 bits per heavy atom. The summed E-state index contributed by atoms with van der Waals surface area (Å²) in [7, 11) is -1.36. The molecule has 0 aromatic carbocycles. The first-order valence-corrected chi connectivity index (χ1v) is 5.29. The summed E-state index contributed by atoms with van der Waals surface area (Å²) in [5, 5.41) is 0.0448. The third-order valence-electron chi connectivity index (χ3n) is 1.41. The van der Waals surface area contributed by atoms with Crippen LogP contribution in [0.3, 0.4) is 0 Å². The summed E-state index contributed by atoms with van der Waals surface area (Å²) in [6, 6.07) is 0. The van der Waals surface area contributed by atoms with Crippen molar-refractivity contribution in [1.29, 1.82) is 0 Å². The summed E-state index contributed by atoms with van der Waals surface area (Å²) < 4.78 is 46.7. The van der Waals surface area contributed by atoms with Gasteiger partial charge in [-0.2, -0.15) is 0 Å². The molecule has 1 heterocycles. The van der Waals surface area contributed by atoms with Crippen LogP contribution in [0, 0.1) is 0 Å². The first-order valence-electron chi connectivity index (χ1n) is 3.74. The molecule has 1 aromatic heterocycles. The molecule has 0 aliphatic heterocycles. The van der Waals surface area contributed by atoms with Gasteiger partial charge in [-0.1, -0.05) is 6.32 Å². The van der Waals surface area contributed by atoms with Gasteiger partial charge < -0.3 is 12.9 Å². The molecule has 0 aliphatic carbocycles. The number of aromatic nitrogens is 2. The van der Waals surface area contributed by atoms with Crippen LogP contribution in [0.2, 0.25) is 0 Å². The van der Waals surface area contributed by atoms with Crippen molar-refractivity contribution >= 4 is 17.8 Å². The van der Waals surface area contributed by atoms with E-state index in [0.717, 1.165) is 12.4 Å². The summed E-state index contributed by atoms with van der Waals surface area (Å²) >= 11 is 0. The molecule has 1 atom stereocenters. The van der Waals surface area contributed by atoms with Crippen LogP contribution >= 0.6 is 0 Å². The molecule has 0 saturated carbocycles. The Kier molecular flexibility index (Phi) is 6.77. The Bertz CT molecular complexity index is 345. The van der Waals surface area contributed by atoms with Crippen LogP contribution in [0.1, 0.15) is 5.56 Å². The van der Waals surface area contributed by atoms with Crippen molar-refractivity contribution in [1.82, 2.24) is 9.97 Å².